The third-order valence-corrected chi connectivity index (χ3v) is 4.08. The number of likely N-dealkylation sites (N-methyl/N-ethyl adjacent to an activating group) is 1. The highest BCUT2D eigenvalue weighted by Gasteiger charge is 2.49. The first kappa shape index (κ1) is 15.8. The van der Waals surface area contributed by atoms with E-state index in [4.69, 9.17) is 0 Å². The van der Waals surface area contributed by atoms with Crippen molar-refractivity contribution in [3.63, 3.8) is 0 Å². The molecule has 0 aromatic rings. The summed E-state index contributed by atoms with van der Waals surface area (Å²) in [4.78, 5) is 40.3. The number of carbonyl (C=O) groups is 3. The minimum Gasteiger partial charge on any atom is -0.355 e. The number of hydrogen-bond donors (Lipinski definition) is 1. The minimum absolute atomic E-state index is 0.0123. The molecule has 0 bridgehead atoms. The maximum atomic E-state index is 12.3. The number of amides is 3. The van der Waals surface area contributed by atoms with E-state index in [0.717, 1.165) is 13.0 Å². The van der Waals surface area contributed by atoms with Crippen molar-refractivity contribution in [2.45, 2.75) is 6.42 Å². The Hall–Kier alpha value is -1.63. The molecule has 1 heterocycles. The molecule has 2 aliphatic rings. The molecule has 1 N–H and O–H groups in total. The van der Waals surface area contributed by atoms with Gasteiger partial charge < -0.3 is 20.0 Å². The fourth-order valence-electron chi connectivity index (χ4n) is 2.57. The summed E-state index contributed by atoms with van der Waals surface area (Å²) in [7, 11) is 3.91. The summed E-state index contributed by atoms with van der Waals surface area (Å²) in [5.41, 5.74) is 0. The topological polar surface area (TPSA) is 73.0 Å². The van der Waals surface area contributed by atoms with Gasteiger partial charge >= 0.3 is 0 Å². The zero-order valence-electron chi connectivity index (χ0n) is 12.7. The van der Waals surface area contributed by atoms with Gasteiger partial charge in [-0.2, -0.15) is 0 Å². The summed E-state index contributed by atoms with van der Waals surface area (Å²) >= 11 is 0. The fraction of sp³-hybridized carbons (Fsp3) is 0.786. The van der Waals surface area contributed by atoms with Crippen LogP contribution in [-0.2, 0) is 14.4 Å². The maximum Gasteiger partial charge on any atom is 0.226 e. The second-order valence-corrected chi connectivity index (χ2v) is 6.01. The van der Waals surface area contributed by atoms with E-state index in [2.05, 4.69) is 5.32 Å². The monoisotopic (exact) mass is 296 g/mol. The molecule has 2 fully saturated rings. The third kappa shape index (κ3) is 4.17. The molecular weight excluding hydrogens is 272 g/mol. The van der Waals surface area contributed by atoms with Gasteiger partial charge in [0.25, 0.3) is 0 Å². The lowest BCUT2D eigenvalue weighted by Crippen LogP contribution is -2.49. The Balaban J connectivity index is 1.71. The van der Waals surface area contributed by atoms with Crippen LogP contribution in [0.5, 0.6) is 0 Å². The van der Waals surface area contributed by atoms with E-state index in [1.54, 1.807) is 9.80 Å². The molecule has 1 saturated carbocycles. The van der Waals surface area contributed by atoms with E-state index in [9.17, 15) is 14.4 Å². The van der Waals surface area contributed by atoms with Gasteiger partial charge in [-0.25, -0.2) is 0 Å². The highest BCUT2D eigenvalue weighted by Crippen LogP contribution is 2.40. The highest BCUT2D eigenvalue weighted by atomic mass is 16.2. The quantitative estimate of drug-likeness (QED) is 0.612. The average molecular weight is 296 g/mol. The van der Waals surface area contributed by atoms with E-state index < -0.39 is 0 Å². The molecule has 2 atom stereocenters. The number of nitrogens with one attached hydrogen (secondary N) is 1. The molecule has 0 aromatic carbocycles. The molecule has 1 aliphatic heterocycles. The molecule has 7 nitrogen and oxygen atoms in total. The Kier molecular flexibility index (Phi) is 5.17. The van der Waals surface area contributed by atoms with Crippen molar-refractivity contribution >= 4 is 18.2 Å². The molecule has 118 valence electrons. The van der Waals surface area contributed by atoms with Gasteiger partial charge in [0.15, 0.2) is 0 Å². The first-order chi connectivity index (χ1) is 10.0. The van der Waals surface area contributed by atoms with Crippen molar-refractivity contribution in [2.24, 2.45) is 11.8 Å². The second kappa shape index (κ2) is 6.89. The van der Waals surface area contributed by atoms with Crippen LogP contribution in [0.3, 0.4) is 0 Å². The van der Waals surface area contributed by atoms with E-state index in [-0.39, 0.29) is 23.7 Å². The van der Waals surface area contributed by atoms with Crippen LogP contribution in [0.4, 0.5) is 0 Å². The molecule has 1 aliphatic carbocycles. The van der Waals surface area contributed by atoms with Crippen LogP contribution in [0.25, 0.3) is 0 Å². The van der Waals surface area contributed by atoms with Crippen LogP contribution < -0.4 is 5.32 Å². The lowest BCUT2D eigenvalue weighted by atomic mass is 10.2. The normalized spacial score (nSPS) is 24.9. The minimum atomic E-state index is -0.163. The van der Waals surface area contributed by atoms with E-state index >= 15 is 0 Å². The first-order valence-corrected chi connectivity index (χ1v) is 7.43. The van der Waals surface area contributed by atoms with Crippen LogP contribution in [0.2, 0.25) is 0 Å². The van der Waals surface area contributed by atoms with Gasteiger partial charge in [0.2, 0.25) is 18.2 Å². The molecule has 21 heavy (non-hydrogen) atoms. The van der Waals surface area contributed by atoms with Crippen LogP contribution in [0.1, 0.15) is 6.42 Å². The van der Waals surface area contributed by atoms with Crippen molar-refractivity contribution in [1.29, 1.82) is 0 Å². The third-order valence-electron chi connectivity index (χ3n) is 4.08. The molecule has 0 aromatic heterocycles. The molecular formula is C14H24N4O3. The molecule has 2 unspecified atom stereocenters. The van der Waals surface area contributed by atoms with Crippen molar-refractivity contribution in [3.8, 4) is 0 Å². The van der Waals surface area contributed by atoms with Gasteiger partial charge in [-0.05, 0) is 20.5 Å². The summed E-state index contributed by atoms with van der Waals surface area (Å²) in [5, 5.41) is 2.87. The van der Waals surface area contributed by atoms with Crippen molar-refractivity contribution < 1.29 is 14.4 Å². The van der Waals surface area contributed by atoms with Crippen LogP contribution >= 0.6 is 0 Å². The number of nitrogens with zero attached hydrogens (tertiary/aromatic N) is 3. The Morgan fingerprint density at radius 1 is 1.19 bits per heavy atom. The van der Waals surface area contributed by atoms with E-state index in [1.807, 2.05) is 19.0 Å². The van der Waals surface area contributed by atoms with Gasteiger partial charge in [0.1, 0.15) is 0 Å². The summed E-state index contributed by atoms with van der Waals surface area (Å²) in [6.07, 6.45) is 1.47. The molecule has 0 spiro atoms. The zero-order chi connectivity index (χ0) is 15.4. The van der Waals surface area contributed by atoms with Crippen molar-refractivity contribution in [1.82, 2.24) is 20.0 Å². The lowest BCUT2D eigenvalue weighted by molar-refractivity contribution is -0.137. The second-order valence-electron chi connectivity index (χ2n) is 6.01. The fourth-order valence-corrected chi connectivity index (χ4v) is 2.57. The first-order valence-electron chi connectivity index (χ1n) is 7.43. The highest BCUT2D eigenvalue weighted by molar-refractivity contribution is 5.92. The standard InChI is InChI=1S/C14H24N4O3/c1-16(2)4-3-15-13(20)11-9-12(11)14(21)18-7-5-17(10-19)6-8-18/h10-12H,3-9H2,1-2H3,(H,15,20). The number of piperazine rings is 1. The SMILES string of the molecule is CN(C)CCNC(=O)C1CC1C(=O)N1CCN(C=O)CC1. The summed E-state index contributed by atoms with van der Waals surface area (Å²) < 4.78 is 0. The molecule has 2 rings (SSSR count). The molecule has 0 radical (unpaired) electrons. The van der Waals surface area contributed by atoms with Gasteiger partial charge in [0, 0.05) is 39.3 Å². The largest absolute Gasteiger partial charge is 0.355 e. The van der Waals surface area contributed by atoms with Gasteiger partial charge in [0.05, 0.1) is 11.8 Å². The Bertz CT molecular complexity index is 405. The Morgan fingerprint density at radius 2 is 1.86 bits per heavy atom. The summed E-state index contributed by atoms with van der Waals surface area (Å²) in [6, 6.07) is 0. The maximum absolute atomic E-state index is 12.3. The number of rotatable bonds is 6. The van der Waals surface area contributed by atoms with Crippen molar-refractivity contribution in [3.05, 3.63) is 0 Å². The Morgan fingerprint density at radius 3 is 2.43 bits per heavy atom. The summed E-state index contributed by atoms with van der Waals surface area (Å²) in [6.45, 7) is 3.72. The predicted molar refractivity (Wildman–Crippen MR) is 77.4 cm³/mol. The van der Waals surface area contributed by atoms with Crippen molar-refractivity contribution in [2.75, 3.05) is 53.4 Å². The van der Waals surface area contributed by atoms with Crippen LogP contribution in [0, 0.1) is 11.8 Å². The zero-order valence-corrected chi connectivity index (χ0v) is 12.7. The van der Waals surface area contributed by atoms with E-state index in [0.29, 0.717) is 39.1 Å². The molecule has 3 amide bonds. The van der Waals surface area contributed by atoms with Crippen LogP contribution in [0.15, 0.2) is 0 Å². The Labute approximate surface area is 125 Å². The van der Waals surface area contributed by atoms with Gasteiger partial charge in [-0.15, -0.1) is 0 Å². The smallest absolute Gasteiger partial charge is 0.226 e. The number of hydrogen-bond acceptors (Lipinski definition) is 4. The predicted octanol–water partition coefficient (Wildman–Crippen LogP) is -1.40. The van der Waals surface area contributed by atoms with E-state index in [1.165, 1.54) is 0 Å². The summed E-state index contributed by atoms with van der Waals surface area (Å²) in [5.74, 6) is -0.272. The average Bonchev–Trinajstić information content (AvgIpc) is 3.26. The molecule has 7 heteroatoms. The number of carbonyl (C=O) groups excluding carboxylic acids is 3. The molecule has 1 saturated heterocycles. The van der Waals surface area contributed by atoms with Gasteiger partial charge in [-0.3, -0.25) is 14.4 Å². The lowest BCUT2D eigenvalue weighted by Gasteiger charge is -2.32. The van der Waals surface area contributed by atoms with Crippen LogP contribution in [-0.4, -0.2) is 86.3 Å². The van der Waals surface area contributed by atoms with Gasteiger partial charge in [-0.1, -0.05) is 0 Å².